The fraction of sp³-hybridized carbons (Fsp3) is 0.526. The van der Waals surface area contributed by atoms with Crippen LogP contribution in [-0.4, -0.2) is 36.3 Å². The van der Waals surface area contributed by atoms with E-state index in [0.717, 1.165) is 37.1 Å². The number of hydrogen-bond acceptors (Lipinski definition) is 3. The molecule has 0 bridgehead atoms. The van der Waals surface area contributed by atoms with Crippen LogP contribution < -0.4 is 4.74 Å². The van der Waals surface area contributed by atoms with Gasteiger partial charge in [-0.1, -0.05) is 24.3 Å². The lowest BCUT2D eigenvalue weighted by Gasteiger charge is -2.28. The third-order valence-corrected chi connectivity index (χ3v) is 3.84. The predicted octanol–water partition coefficient (Wildman–Crippen LogP) is 4.50. The van der Waals surface area contributed by atoms with Crippen molar-refractivity contribution < 1.29 is 14.3 Å². The molecular formula is C19H27NO3. The second kappa shape index (κ2) is 7.53. The first-order valence-corrected chi connectivity index (χ1v) is 8.19. The smallest absolute Gasteiger partial charge is 0.410 e. The molecule has 1 aromatic carbocycles. The molecule has 23 heavy (non-hydrogen) atoms. The summed E-state index contributed by atoms with van der Waals surface area (Å²) in [4.78, 5) is 14.1. The summed E-state index contributed by atoms with van der Waals surface area (Å²) in [6.07, 6.45) is 6.95. The maximum atomic E-state index is 12.2. The quantitative estimate of drug-likeness (QED) is 0.821. The number of likely N-dealkylation sites (tertiary alicyclic amines) is 1. The monoisotopic (exact) mass is 317 g/mol. The molecule has 1 saturated heterocycles. The summed E-state index contributed by atoms with van der Waals surface area (Å²) in [5.74, 6) is 0.856. The lowest BCUT2D eigenvalue weighted by molar-refractivity contribution is 0.0228. The van der Waals surface area contributed by atoms with Gasteiger partial charge in [0, 0.05) is 12.6 Å². The maximum Gasteiger partial charge on any atom is 0.410 e. The third kappa shape index (κ3) is 5.31. The summed E-state index contributed by atoms with van der Waals surface area (Å²) in [7, 11) is 1.66. The van der Waals surface area contributed by atoms with Crippen LogP contribution in [-0.2, 0) is 4.74 Å². The van der Waals surface area contributed by atoms with Gasteiger partial charge in [-0.25, -0.2) is 4.79 Å². The van der Waals surface area contributed by atoms with E-state index in [1.807, 2.05) is 49.9 Å². The fourth-order valence-electron chi connectivity index (χ4n) is 2.72. The molecule has 1 heterocycles. The van der Waals surface area contributed by atoms with Crippen molar-refractivity contribution in [1.82, 2.24) is 4.90 Å². The normalized spacial score (nSPS) is 18.4. The molecule has 0 spiro atoms. The Balaban J connectivity index is 1.90. The van der Waals surface area contributed by atoms with Crippen LogP contribution in [0, 0.1) is 0 Å². The molecule has 126 valence electrons. The van der Waals surface area contributed by atoms with Crippen LogP contribution in [0.2, 0.25) is 0 Å². The Labute approximate surface area is 139 Å². The zero-order valence-electron chi connectivity index (χ0n) is 14.5. The van der Waals surface area contributed by atoms with E-state index in [1.54, 1.807) is 7.11 Å². The Morgan fingerprint density at radius 3 is 2.61 bits per heavy atom. The molecule has 1 unspecified atom stereocenters. The van der Waals surface area contributed by atoms with E-state index >= 15 is 0 Å². The Hall–Kier alpha value is -1.97. The van der Waals surface area contributed by atoms with Gasteiger partial charge in [-0.15, -0.1) is 0 Å². The lowest BCUT2D eigenvalue weighted by atomic mass is 10.1. The molecule has 1 aliphatic heterocycles. The largest absolute Gasteiger partial charge is 0.497 e. The second-order valence-electron chi connectivity index (χ2n) is 6.88. The molecule has 1 atom stereocenters. The van der Waals surface area contributed by atoms with Gasteiger partial charge in [-0.05, 0) is 57.7 Å². The van der Waals surface area contributed by atoms with Gasteiger partial charge in [0.15, 0.2) is 0 Å². The summed E-state index contributed by atoms with van der Waals surface area (Å²) >= 11 is 0. The Morgan fingerprint density at radius 1 is 1.30 bits per heavy atom. The Kier molecular flexibility index (Phi) is 5.69. The number of amides is 1. The minimum absolute atomic E-state index is 0.196. The van der Waals surface area contributed by atoms with Crippen molar-refractivity contribution in [1.29, 1.82) is 0 Å². The van der Waals surface area contributed by atoms with E-state index in [-0.39, 0.29) is 12.1 Å². The van der Waals surface area contributed by atoms with Gasteiger partial charge in [0.05, 0.1) is 7.11 Å². The first-order chi connectivity index (χ1) is 10.9. The molecule has 4 nitrogen and oxygen atoms in total. The number of methoxy groups -OCH3 is 1. The van der Waals surface area contributed by atoms with E-state index < -0.39 is 5.60 Å². The summed E-state index contributed by atoms with van der Waals surface area (Å²) in [5.41, 5.74) is 0.691. The van der Waals surface area contributed by atoms with E-state index in [0.29, 0.717) is 0 Å². The average Bonchev–Trinajstić information content (AvgIpc) is 2.95. The number of rotatable bonds is 4. The van der Waals surface area contributed by atoms with Gasteiger partial charge in [0.25, 0.3) is 0 Å². The number of carbonyl (C=O) groups excluding carboxylic acids is 1. The van der Waals surface area contributed by atoms with Crippen LogP contribution in [0.3, 0.4) is 0 Å². The molecule has 1 amide bonds. The van der Waals surface area contributed by atoms with Gasteiger partial charge >= 0.3 is 6.09 Å². The summed E-state index contributed by atoms with van der Waals surface area (Å²) in [6, 6.07) is 8.18. The third-order valence-electron chi connectivity index (χ3n) is 3.84. The van der Waals surface area contributed by atoms with Crippen LogP contribution in [0.1, 0.15) is 45.6 Å². The number of carbonyl (C=O) groups is 1. The van der Waals surface area contributed by atoms with E-state index in [2.05, 4.69) is 12.2 Å². The zero-order valence-corrected chi connectivity index (χ0v) is 14.5. The van der Waals surface area contributed by atoms with Crippen LogP contribution in [0.5, 0.6) is 5.75 Å². The summed E-state index contributed by atoms with van der Waals surface area (Å²) < 4.78 is 10.6. The second-order valence-corrected chi connectivity index (χ2v) is 6.88. The summed E-state index contributed by atoms with van der Waals surface area (Å²) in [6.45, 7) is 6.49. The van der Waals surface area contributed by atoms with Crippen molar-refractivity contribution in [2.24, 2.45) is 0 Å². The molecule has 4 heteroatoms. The van der Waals surface area contributed by atoms with Crippen LogP contribution in [0.25, 0.3) is 6.08 Å². The highest BCUT2D eigenvalue weighted by atomic mass is 16.6. The number of nitrogens with zero attached hydrogens (tertiary/aromatic N) is 1. The lowest BCUT2D eigenvalue weighted by Crippen LogP contribution is -2.39. The van der Waals surface area contributed by atoms with E-state index in [4.69, 9.17) is 9.47 Å². The van der Waals surface area contributed by atoms with Crippen LogP contribution in [0.4, 0.5) is 4.79 Å². The Bertz CT molecular complexity index is 543. The van der Waals surface area contributed by atoms with Crippen LogP contribution >= 0.6 is 0 Å². The summed E-state index contributed by atoms with van der Waals surface area (Å²) in [5, 5.41) is 0. The number of benzene rings is 1. The van der Waals surface area contributed by atoms with Crippen LogP contribution in [0.15, 0.2) is 30.3 Å². The number of hydrogen-bond donors (Lipinski definition) is 0. The molecule has 0 saturated carbocycles. The van der Waals surface area contributed by atoms with Gasteiger partial charge in [-0.3, -0.25) is 0 Å². The number of ether oxygens (including phenoxy) is 2. The van der Waals surface area contributed by atoms with E-state index in [1.165, 1.54) is 0 Å². The molecule has 0 aliphatic carbocycles. The zero-order chi connectivity index (χ0) is 16.9. The van der Waals surface area contributed by atoms with Gasteiger partial charge in [0.2, 0.25) is 0 Å². The van der Waals surface area contributed by atoms with Crippen molar-refractivity contribution in [2.75, 3.05) is 13.7 Å². The average molecular weight is 317 g/mol. The predicted molar refractivity (Wildman–Crippen MR) is 92.6 cm³/mol. The Morgan fingerprint density at radius 2 is 2.00 bits per heavy atom. The molecule has 0 radical (unpaired) electrons. The van der Waals surface area contributed by atoms with E-state index in [9.17, 15) is 4.79 Å². The maximum absolute atomic E-state index is 12.2. The van der Waals surface area contributed by atoms with Crippen molar-refractivity contribution in [3.8, 4) is 5.75 Å². The van der Waals surface area contributed by atoms with Crippen molar-refractivity contribution >= 4 is 12.2 Å². The van der Waals surface area contributed by atoms with Crippen molar-refractivity contribution in [3.63, 3.8) is 0 Å². The van der Waals surface area contributed by atoms with Gasteiger partial charge in [-0.2, -0.15) is 0 Å². The highest BCUT2D eigenvalue weighted by Gasteiger charge is 2.31. The standard InChI is InChI=1S/C19H27NO3/c1-19(2,3)23-18(21)20-14-6-9-16(20)8-5-7-15-10-12-17(22-4)13-11-15/h5,7,10-13,16H,6,8-9,14H2,1-4H3/b7-5-. The molecule has 0 aromatic heterocycles. The molecule has 1 aromatic rings. The first-order valence-electron chi connectivity index (χ1n) is 8.19. The minimum Gasteiger partial charge on any atom is -0.497 e. The van der Waals surface area contributed by atoms with Gasteiger partial charge in [0.1, 0.15) is 11.4 Å². The highest BCUT2D eigenvalue weighted by molar-refractivity contribution is 5.69. The van der Waals surface area contributed by atoms with Crippen molar-refractivity contribution in [3.05, 3.63) is 35.9 Å². The molecule has 0 N–H and O–H groups in total. The molecule has 2 rings (SSSR count). The first kappa shape index (κ1) is 17.4. The highest BCUT2D eigenvalue weighted by Crippen LogP contribution is 2.23. The van der Waals surface area contributed by atoms with Gasteiger partial charge < -0.3 is 14.4 Å². The molecular weight excluding hydrogens is 290 g/mol. The fourth-order valence-corrected chi connectivity index (χ4v) is 2.72. The molecule has 1 aliphatic rings. The minimum atomic E-state index is -0.441. The SMILES string of the molecule is COc1ccc(/C=C\CC2CCCN2C(=O)OC(C)(C)C)cc1. The molecule has 1 fully saturated rings. The van der Waals surface area contributed by atoms with Crippen molar-refractivity contribution in [2.45, 2.75) is 51.7 Å². The topological polar surface area (TPSA) is 38.8 Å².